The molecule has 112 valence electrons. The fourth-order valence-corrected chi connectivity index (χ4v) is 3.51. The highest BCUT2D eigenvalue weighted by atomic mass is 35.5. The molecule has 0 aromatic heterocycles. The van der Waals surface area contributed by atoms with E-state index in [0.717, 1.165) is 5.56 Å². The summed E-state index contributed by atoms with van der Waals surface area (Å²) in [5.74, 6) is 0.348. The summed E-state index contributed by atoms with van der Waals surface area (Å²) in [6.45, 7) is 4.10. The first-order valence-corrected chi connectivity index (χ1v) is 8.62. The zero-order valence-corrected chi connectivity index (χ0v) is 14.2. The van der Waals surface area contributed by atoms with Crippen molar-refractivity contribution < 1.29 is 4.21 Å². The van der Waals surface area contributed by atoms with Gasteiger partial charge in [-0.05, 0) is 48.7 Å². The van der Waals surface area contributed by atoms with E-state index in [0.29, 0.717) is 20.7 Å². The number of hydrogen-bond donors (Lipinski definition) is 1. The first-order chi connectivity index (χ1) is 9.88. The van der Waals surface area contributed by atoms with Gasteiger partial charge in [0.15, 0.2) is 0 Å². The van der Waals surface area contributed by atoms with Crippen LogP contribution in [0.5, 0.6) is 0 Å². The van der Waals surface area contributed by atoms with Crippen LogP contribution in [0.25, 0.3) is 0 Å². The van der Waals surface area contributed by atoms with E-state index in [-0.39, 0.29) is 6.04 Å². The van der Waals surface area contributed by atoms with Crippen LogP contribution in [0.15, 0.2) is 41.3 Å². The van der Waals surface area contributed by atoms with Crippen molar-refractivity contribution in [2.45, 2.75) is 24.8 Å². The highest BCUT2D eigenvalue weighted by Gasteiger charge is 2.14. The third-order valence-electron chi connectivity index (χ3n) is 3.44. The quantitative estimate of drug-likeness (QED) is 0.894. The normalized spacial score (nSPS) is 14.0. The summed E-state index contributed by atoms with van der Waals surface area (Å²) in [7, 11) is -1.21. The van der Waals surface area contributed by atoms with Crippen LogP contribution >= 0.6 is 23.2 Å². The highest BCUT2D eigenvalue weighted by molar-refractivity contribution is 7.85. The average Bonchev–Trinajstić information content (AvgIpc) is 2.44. The Morgan fingerprint density at radius 2 is 1.76 bits per heavy atom. The van der Waals surface area contributed by atoms with Crippen molar-refractivity contribution in [2.24, 2.45) is 5.73 Å². The summed E-state index contributed by atoms with van der Waals surface area (Å²) in [5.41, 5.74) is 9.56. The molecular formula is C16H17Cl2NOS. The van der Waals surface area contributed by atoms with Crippen LogP contribution in [0.2, 0.25) is 10.0 Å². The molecule has 2 aromatic rings. The lowest BCUT2D eigenvalue weighted by molar-refractivity contribution is 0.675. The number of aryl methyl sites for hydroxylation is 2. The Kier molecular flexibility index (Phi) is 5.44. The molecular weight excluding hydrogens is 325 g/mol. The van der Waals surface area contributed by atoms with Gasteiger partial charge < -0.3 is 5.73 Å². The monoisotopic (exact) mass is 341 g/mol. The Bertz CT molecular complexity index is 688. The minimum Gasteiger partial charge on any atom is -0.323 e. The van der Waals surface area contributed by atoms with Crippen LogP contribution in [0, 0.1) is 13.8 Å². The first-order valence-electron chi connectivity index (χ1n) is 6.54. The lowest BCUT2D eigenvalue weighted by atomic mass is 10.0. The smallest absolute Gasteiger partial charge is 0.0604 e. The molecule has 0 spiro atoms. The lowest BCUT2D eigenvalue weighted by Gasteiger charge is -2.14. The van der Waals surface area contributed by atoms with Crippen LogP contribution in [0.3, 0.4) is 0 Å². The molecule has 0 radical (unpaired) electrons. The average molecular weight is 342 g/mol. The molecule has 5 heteroatoms. The Labute approximate surface area is 137 Å². The Hall–Kier alpha value is -0.870. The van der Waals surface area contributed by atoms with Gasteiger partial charge in [-0.2, -0.15) is 0 Å². The first kappa shape index (κ1) is 16.5. The molecule has 2 rings (SSSR count). The van der Waals surface area contributed by atoms with Crippen LogP contribution in [0.4, 0.5) is 0 Å². The molecule has 2 unspecified atom stereocenters. The summed E-state index contributed by atoms with van der Waals surface area (Å²) in [6, 6.07) is 10.8. The van der Waals surface area contributed by atoms with Gasteiger partial charge in [0.1, 0.15) is 0 Å². The lowest BCUT2D eigenvalue weighted by Crippen LogP contribution is -2.18. The summed E-state index contributed by atoms with van der Waals surface area (Å²) in [5, 5.41) is 0.859. The molecule has 2 atom stereocenters. The standard InChI is InChI=1S/C16H17Cl2NOS/c1-10-3-4-12(7-11(10)2)16(19)9-21(20)13-5-6-14(17)15(18)8-13/h3-8,16H,9,19H2,1-2H3. The van der Waals surface area contributed by atoms with E-state index in [9.17, 15) is 4.21 Å². The van der Waals surface area contributed by atoms with Gasteiger partial charge in [0.05, 0.1) is 20.8 Å². The number of nitrogens with two attached hydrogens (primary N) is 1. The van der Waals surface area contributed by atoms with Crippen molar-refractivity contribution in [1.29, 1.82) is 0 Å². The predicted molar refractivity (Wildman–Crippen MR) is 90.6 cm³/mol. The van der Waals surface area contributed by atoms with Gasteiger partial charge in [-0.25, -0.2) is 0 Å². The largest absolute Gasteiger partial charge is 0.323 e. The van der Waals surface area contributed by atoms with Gasteiger partial charge in [-0.3, -0.25) is 4.21 Å². The van der Waals surface area contributed by atoms with Crippen LogP contribution in [0.1, 0.15) is 22.7 Å². The van der Waals surface area contributed by atoms with Crippen LogP contribution < -0.4 is 5.73 Å². The topological polar surface area (TPSA) is 43.1 Å². The maximum atomic E-state index is 12.4. The number of benzene rings is 2. The van der Waals surface area contributed by atoms with Gasteiger partial charge in [0, 0.05) is 16.7 Å². The van der Waals surface area contributed by atoms with Crippen LogP contribution in [-0.4, -0.2) is 9.96 Å². The molecule has 0 saturated carbocycles. The summed E-state index contributed by atoms with van der Waals surface area (Å²) >= 11 is 11.8. The van der Waals surface area contributed by atoms with E-state index in [1.807, 2.05) is 25.1 Å². The SMILES string of the molecule is Cc1ccc(C(N)CS(=O)c2ccc(Cl)c(Cl)c2)cc1C. The maximum absolute atomic E-state index is 12.4. The Morgan fingerprint density at radius 3 is 2.38 bits per heavy atom. The highest BCUT2D eigenvalue weighted by Crippen LogP contribution is 2.25. The van der Waals surface area contributed by atoms with E-state index in [1.165, 1.54) is 11.1 Å². The van der Waals surface area contributed by atoms with E-state index >= 15 is 0 Å². The zero-order valence-electron chi connectivity index (χ0n) is 11.9. The van der Waals surface area contributed by atoms with Crippen molar-refractivity contribution in [3.63, 3.8) is 0 Å². The van der Waals surface area contributed by atoms with E-state index in [2.05, 4.69) is 6.92 Å². The second kappa shape index (κ2) is 6.93. The number of halogens is 2. The summed E-state index contributed by atoms with van der Waals surface area (Å²) in [6.07, 6.45) is 0. The molecule has 2 aromatic carbocycles. The van der Waals surface area contributed by atoms with Crippen LogP contribution in [-0.2, 0) is 10.8 Å². The van der Waals surface area contributed by atoms with E-state index < -0.39 is 10.8 Å². The molecule has 2 N–H and O–H groups in total. The molecule has 0 aliphatic heterocycles. The van der Waals surface area contributed by atoms with Crippen molar-refractivity contribution in [3.8, 4) is 0 Å². The van der Waals surface area contributed by atoms with Crippen molar-refractivity contribution in [2.75, 3.05) is 5.75 Å². The van der Waals surface area contributed by atoms with E-state index in [4.69, 9.17) is 28.9 Å². The van der Waals surface area contributed by atoms with Crippen molar-refractivity contribution in [3.05, 3.63) is 63.1 Å². The Balaban J connectivity index is 2.14. The van der Waals surface area contributed by atoms with Crippen molar-refractivity contribution in [1.82, 2.24) is 0 Å². The van der Waals surface area contributed by atoms with Crippen molar-refractivity contribution >= 4 is 34.0 Å². The number of rotatable bonds is 4. The second-order valence-electron chi connectivity index (χ2n) is 5.04. The summed E-state index contributed by atoms with van der Waals surface area (Å²) < 4.78 is 12.4. The maximum Gasteiger partial charge on any atom is 0.0604 e. The molecule has 2 nitrogen and oxygen atoms in total. The molecule has 21 heavy (non-hydrogen) atoms. The fourth-order valence-electron chi connectivity index (χ4n) is 1.97. The van der Waals surface area contributed by atoms with E-state index in [1.54, 1.807) is 18.2 Å². The third kappa shape index (κ3) is 4.07. The number of hydrogen-bond acceptors (Lipinski definition) is 2. The molecule has 0 aliphatic carbocycles. The molecule has 0 aliphatic rings. The van der Waals surface area contributed by atoms with Gasteiger partial charge in [0.2, 0.25) is 0 Å². The molecule has 0 heterocycles. The van der Waals surface area contributed by atoms with Gasteiger partial charge >= 0.3 is 0 Å². The minimum absolute atomic E-state index is 0.278. The molecule has 0 fully saturated rings. The summed E-state index contributed by atoms with van der Waals surface area (Å²) in [4.78, 5) is 0.642. The molecule has 0 saturated heterocycles. The Morgan fingerprint density at radius 1 is 1.05 bits per heavy atom. The van der Waals surface area contributed by atoms with Gasteiger partial charge in [-0.1, -0.05) is 41.4 Å². The molecule has 0 amide bonds. The van der Waals surface area contributed by atoms with Gasteiger partial charge in [-0.15, -0.1) is 0 Å². The minimum atomic E-state index is -1.21. The third-order valence-corrected chi connectivity index (χ3v) is 5.62. The zero-order chi connectivity index (χ0) is 15.6. The second-order valence-corrected chi connectivity index (χ2v) is 7.35. The fraction of sp³-hybridized carbons (Fsp3) is 0.250. The predicted octanol–water partition coefficient (Wildman–Crippen LogP) is 4.42. The molecule has 0 bridgehead atoms. The van der Waals surface area contributed by atoms with Gasteiger partial charge in [0.25, 0.3) is 0 Å².